The number of amides is 1. The molecular formula is C14H27NO3. The van der Waals surface area contributed by atoms with Gasteiger partial charge >= 0.3 is 6.09 Å². The second kappa shape index (κ2) is 6.41. The van der Waals surface area contributed by atoms with Gasteiger partial charge in [0.1, 0.15) is 5.60 Å². The maximum Gasteiger partial charge on any atom is 0.410 e. The van der Waals surface area contributed by atoms with E-state index in [1.807, 2.05) is 25.7 Å². The summed E-state index contributed by atoms with van der Waals surface area (Å²) in [6.45, 7) is 8.24. The Morgan fingerprint density at radius 2 is 2.11 bits per heavy atom. The van der Waals surface area contributed by atoms with Crippen molar-refractivity contribution in [2.45, 2.75) is 77.5 Å². The van der Waals surface area contributed by atoms with Crippen molar-refractivity contribution in [3.05, 3.63) is 0 Å². The number of aliphatic hydroxyl groups is 1. The minimum absolute atomic E-state index is 0.210. The predicted octanol–water partition coefficient (Wildman–Crippen LogP) is 2.94. The number of nitrogens with zero attached hydrogens (tertiary/aromatic N) is 1. The van der Waals surface area contributed by atoms with E-state index in [0.29, 0.717) is 0 Å². The second-order valence-electron chi connectivity index (χ2n) is 6.25. The maximum absolute atomic E-state index is 12.1. The molecule has 1 saturated heterocycles. The first-order valence-corrected chi connectivity index (χ1v) is 6.97. The number of carbonyl (C=O) groups is 1. The first-order chi connectivity index (χ1) is 8.29. The first kappa shape index (κ1) is 15.3. The Hall–Kier alpha value is -0.770. The van der Waals surface area contributed by atoms with Crippen molar-refractivity contribution in [1.29, 1.82) is 0 Å². The van der Waals surface area contributed by atoms with Crippen LogP contribution in [0.4, 0.5) is 4.79 Å². The van der Waals surface area contributed by atoms with Crippen molar-refractivity contribution >= 4 is 6.09 Å². The Labute approximate surface area is 110 Å². The number of aliphatic hydroxyl groups excluding tert-OH is 1. The molecule has 1 rings (SSSR count). The Balaban J connectivity index is 2.55. The molecular weight excluding hydrogens is 230 g/mol. The average Bonchev–Trinajstić information content (AvgIpc) is 2.24. The van der Waals surface area contributed by atoms with E-state index in [0.717, 1.165) is 38.6 Å². The third-order valence-electron chi connectivity index (χ3n) is 3.17. The van der Waals surface area contributed by atoms with Crippen LogP contribution in [0.2, 0.25) is 0 Å². The normalized spacial score (nSPS) is 22.7. The number of ether oxygens (including phenoxy) is 1. The van der Waals surface area contributed by atoms with Crippen molar-refractivity contribution in [2.75, 3.05) is 6.54 Å². The van der Waals surface area contributed by atoms with Gasteiger partial charge in [0.05, 0.1) is 6.10 Å². The molecule has 2 atom stereocenters. The van der Waals surface area contributed by atoms with E-state index in [9.17, 15) is 9.90 Å². The number of rotatable bonds is 3. The molecule has 0 aromatic heterocycles. The van der Waals surface area contributed by atoms with Crippen LogP contribution < -0.4 is 0 Å². The Morgan fingerprint density at radius 1 is 1.44 bits per heavy atom. The lowest BCUT2D eigenvalue weighted by Gasteiger charge is -2.37. The van der Waals surface area contributed by atoms with Crippen molar-refractivity contribution in [2.24, 2.45) is 0 Å². The van der Waals surface area contributed by atoms with Crippen molar-refractivity contribution in [1.82, 2.24) is 4.90 Å². The predicted molar refractivity (Wildman–Crippen MR) is 71.5 cm³/mol. The third-order valence-corrected chi connectivity index (χ3v) is 3.17. The minimum Gasteiger partial charge on any atom is -0.444 e. The molecule has 4 heteroatoms. The van der Waals surface area contributed by atoms with Gasteiger partial charge in [0.2, 0.25) is 0 Å². The van der Waals surface area contributed by atoms with Crippen LogP contribution in [0.15, 0.2) is 0 Å². The summed E-state index contributed by atoms with van der Waals surface area (Å²) in [6.07, 6.45) is 4.31. The summed E-state index contributed by atoms with van der Waals surface area (Å²) in [5.41, 5.74) is -0.441. The number of carbonyl (C=O) groups excluding carboxylic acids is 1. The zero-order chi connectivity index (χ0) is 13.8. The fourth-order valence-corrected chi connectivity index (χ4v) is 2.30. The van der Waals surface area contributed by atoms with Crippen LogP contribution in [0.3, 0.4) is 0 Å². The quantitative estimate of drug-likeness (QED) is 0.845. The molecule has 0 aliphatic carbocycles. The molecule has 1 fully saturated rings. The van der Waals surface area contributed by atoms with E-state index in [4.69, 9.17) is 4.74 Å². The monoisotopic (exact) mass is 257 g/mol. The van der Waals surface area contributed by atoms with Gasteiger partial charge in [-0.2, -0.15) is 0 Å². The van der Waals surface area contributed by atoms with E-state index in [1.54, 1.807) is 6.92 Å². The highest BCUT2D eigenvalue weighted by Crippen LogP contribution is 2.23. The molecule has 0 aromatic carbocycles. The first-order valence-electron chi connectivity index (χ1n) is 6.97. The lowest BCUT2D eigenvalue weighted by molar-refractivity contribution is 0.00712. The SMILES string of the molecule is CC(O)CCC1CCCCN1C(=O)OC(C)(C)C. The number of piperidine rings is 1. The largest absolute Gasteiger partial charge is 0.444 e. The molecule has 0 spiro atoms. The van der Waals surface area contributed by atoms with Gasteiger partial charge in [0, 0.05) is 12.6 Å². The van der Waals surface area contributed by atoms with Gasteiger partial charge in [-0.3, -0.25) is 0 Å². The van der Waals surface area contributed by atoms with Crippen molar-refractivity contribution < 1.29 is 14.6 Å². The molecule has 0 bridgehead atoms. The van der Waals surface area contributed by atoms with Crippen molar-refractivity contribution in [3.8, 4) is 0 Å². The zero-order valence-electron chi connectivity index (χ0n) is 12.1. The van der Waals surface area contributed by atoms with Crippen LogP contribution in [-0.4, -0.2) is 40.4 Å². The zero-order valence-corrected chi connectivity index (χ0v) is 12.1. The van der Waals surface area contributed by atoms with Crippen LogP contribution in [-0.2, 0) is 4.74 Å². The van der Waals surface area contributed by atoms with E-state index in [2.05, 4.69) is 0 Å². The standard InChI is InChI=1S/C14H27NO3/c1-11(16)8-9-12-7-5-6-10-15(12)13(17)18-14(2,3)4/h11-12,16H,5-10H2,1-4H3. The molecule has 1 amide bonds. The lowest BCUT2D eigenvalue weighted by atomic mass is 9.97. The van der Waals surface area contributed by atoms with Crippen molar-refractivity contribution in [3.63, 3.8) is 0 Å². The summed E-state index contributed by atoms with van der Waals surface area (Å²) in [4.78, 5) is 14.0. The smallest absolute Gasteiger partial charge is 0.410 e. The fraction of sp³-hybridized carbons (Fsp3) is 0.929. The molecule has 4 nitrogen and oxygen atoms in total. The second-order valence-corrected chi connectivity index (χ2v) is 6.25. The minimum atomic E-state index is -0.441. The molecule has 1 heterocycles. The van der Waals surface area contributed by atoms with Gasteiger partial charge in [-0.05, 0) is 59.8 Å². The van der Waals surface area contributed by atoms with Crippen LogP contribution in [0.25, 0.3) is 0 Å². The van der Waals surface area contributed by atoms with Gasteiger partial charge in [-0.1, -0.05) is 0 Å². The van der Waals surface area contributed by atoms with Gasteiger partial charge in [0.25, 0.3) is 0 Å². The van der Waals surface area contributed by atoms with E-state index >= 15 is 0 Å². The topological polar surface area (TPSA) is 49.8 Å². The summed E-state index contributed by atoms with van der Waals surface area (Å²) >= 11 is 0. The van der Waals surface area contributed by atoms with E-state index in [1.165, 1.54) is 0 Å². The molecule has 1 aliphatic heterocycles. The number of likely N-dealkylation sites (tertiary alicyclic amines) is 1. The molecule has 0 radical (unpaired) electrons. The highest BCUT2D eigenvalue weighted by molar-refractivity contribution is 5.68. The summed E-state index contributed by atoms with van der Waals surface area (Å²) < 4.78 is 5.44. The van der Waals surface area contributed by atoms with Gasteiger partial charge < -0.3 is 14.7 Å². The molecule has 18 heavy (non-hydrogen) atoms. The Kier molecular flexibility index (Phi) is 5.45. The van der Waals surface area contributed by atoms with Crippen LogP contribution in [0, 0.1) is 0 Å². The molecule has 1 N–H and O–H groups in total. The summed E-state index contributed by atoms with van der Waals surface area (Å²) in [6, 6.07) is 0.225. The molecule has 0 saturated carbocycles. The summed E-state index contributed by atoms with van der Waals surface area (Å²) in [5.74, 6) is 0. The van der Waals surface area contributed by atoms with Gasteiger partial charge in [-0.15, -0.1) is 0 Å². The summed E-state index contributed by atoms with van der Waals surface area (Å²) in [5, 5.41) is 9.36. The van der Waals surface area contributed by atoms with Crippen LogP contribution in [0.1, 0.15) is 59.8 Å². The van der Waals surface area contributed by atoms with Crippen LogP contribution >= 0.6 is 0 Å². The van der Waals surface area contributed by atoms with E-state index in [-0.39, 0.29) is 18.2 Å². The Bertz CT molecular complexity index is 271. The molecule has 1 aliphatic rings. The maximum atomic E-state index is 12.1. The molecule has 106 valence electrons. The molecule has 0 aromatic rings. The van der Waals surface area contributed by atoms with Crippen LogP contribution in [0.5, 0.6) is 0 Å². The summed E-state index contributed by atoms with van der Waals surface area (Å²) in [7, 11) is 0. The third kappa shape index (κ3) is 5.25. The Morgan fingerprint density at radius 3 is 2.67 bits per heavy atom. The number of hydrogen-bond donors (Lipinski definition) is 1. The van der Waals surface area contributed by atoms with Gasteiger partial charge in [0.15, 0.2) is 0 Å². The van der Waals surface area contributed by atoms with E-state index < -0.39 is 5.60 Å². The highest BCUT2D eigenvalue weighted by atomic mass is 16.6. The van der Waals surface area contributed by atoms with Gasteiger partial charge in [-0.25, -0.2) is 4.79 Å². The highest BCUT2D eigenvalue weighted by Gasteiger charge is 2.30. The molecule has 2 unspecified atom stereocenters. The average molecular weight is 257 g/mol. The fourth-order valence-electron chi connectivity index (χ4n) is 2.30. The lowest BCUT2D eigenvalue weighted by Crippen LogP contribution is -2.46. The number of hydrogen-bond acceptors (Lipinski definition) is 3.